The monoisotopic (exact) mass is 299 g/mol. The average Bonchev–Trinajstić information content (AvgIpc) is 2.99. The van der Waals surface area contributed by atoms with Crippen molar-refractivity contribution < 1.29 is 8.42 Å². The summed E-state index contributed by atoms with van der Waals surface area (Å²) >= 11 is 0. The molecule has 0 fully saturated rings. The van der Waals surface area contributed by atoms with Crippen LogP contribution in [0.15, 0.2) is 64.5 Å². The summed E-state index contributed by atoms with van der Waals surface area (Å²) in [6.45, 7) is 1.90. The molecule has 106 valence electrons. The number of nitrogens with zero attached hydrogens (tertiary/aromatic N) is 2. The predicted octanol–water partition coefficient (Wildman–Crippen LogP) is 2.61. The molecule has 0 saturated heterocycles. The van der Waals surface area contributed by atoms with Gasteiger partial charge in [-0.25, -0.2) is 8.42 Å². The molecule has 3 rings (SSSR count). The van der Waals surface area contributed by atoms with E-state index in [0.29, 0.717) is 11.3 Å². The molecule has 0 bridgehead atoms. The number of sulfone groups is 1. The van der Waals surface area contributed by atoms with E-state index >= 15 is 0 Å². The van der Waals surface area contributed by atoms with Crippen molar-refractivity contribution in [1.29, 1.82) is 0 Å². The second kappa shape index (κ2) is 5.14. The Bertz CT molecular complexity index is 853. The maximum absolute atomic E-state index is 12.7. The SMILES string of the molecule is Cc1ccc(S(=O)(=O)c2n[nH]nc2-c2ccccc2)cc1. The van der Waals surface area contributed by atoms with E-state index in [0.717, 1.165) is 5.56 Å². The molecule has 0 aliphatic rings. The highest BCUT2D eigenvalue weighted by molar-refractivity contribution is 7.91. The van der Waals surface area contributed by atoms with Gasteiger partial charge < -0.3 is 0 Å². The summed E-state index contributed by atoms with van der Waals surface area (Å²) < 4.78 is 25.4. The Morgan fingerprint density at radius 3 is 2.24 bits per heavy atom. The van der Waals surface area contributed by atoms with E-state index in [2.05, 4.69) is 15.4 Å². The van der Waals surface area contributed by atoms with Gasteiger partial charge in [-0.3, -0.25) is 0 Å². The van der Waals surface area contributed by atoms with Gasteiger partial charge >= 0.3 is 0 Å². The first kappa shape index (κ1) is 13.5. The molecule has 0 aliphatic heterocycles. The fraction of sp³-hybridized carbons (Fsp3) is 0.0667. The number of hydrogen-bond donors (Lipinski definition) is 1. The molecule has 0 amide bonds. The summed E-state index contributed by atoms with van der Waals surface area (Å²) in [5.74, 6) is 0. The van der Waals surface area contributed by atoms with Gasteiger partial charge in [-0.2, -0.15) is 10.3 Å². The Morgan fingerprint density at radius 2 is 1.57 bits per heavy atom. The third kappa shape index (κ3) is 2.45. The molecule has 1 heterocycles. The normalized spacial score (nSPS) is 11.5. The second-order valence-corrected chi connectivity index (χ2v) is 6.52. The van der Waals surface area contributed by atoms with Crippen LogP contribution in [0.3, 0.4) is 0 Å². The van der Waals surface area contributed by atoms with Crippen LogP contribution < -0.4 is 0 Å². The summed E-state index contributed by atoms with van der Waals surface area (Å²) in [7, 11) is -3.70. The highest BCUT2D eigenvalue weighted by atomic mass is 32.2. The Hall–Kier alpha value is -2.47. The Morgan fingerprint density at radius 1 is 0.905 bits per heavy atom. The van der Waals surface area contributed by atoms with Crippen molar-refractivity contribution in [2.45, 2.75) is 16.8 Å². The lowest BCUT2D eigenvalue weighted by molar-refractivity contribution is 0.592. The van der Waals surface area contributed by atoms with E-state index in [1.165, 1.54) is 0 Å². The van der Waals surface area contributed by atoms with E-state index in [9.17, 15) is 8.42 Å². The van der Waals surface area contributed by atoms with Gasteiger partial charge in [0.15, 0.2) is 0 Å². The molecule has 0 radical (unpaired) electrons. The highest BCUT2D eigenvalue weighted by Crippen LogP contribution is 2.27. The molecule has 0 atom stereocenters. The quantitative estimate of drug-likeness (QED) is 0.806. The van der Waals surface area contributed by atoms with Gasteiger partial charge in [0.25, 0.3) is 0 Å². The average molecular weight is 299 g/mol. The molecular weight excluding hydrogens is 286 g/mol. The van der Waals surface area contributed by atoms with E-state index < -0.39 is 9.84 Å². The number of hydrogen-bond acceptors (Lipinski definition) is 4. The molecule has 0 aliphatic carbocycles. The summed E-state index contributed by atoms with van der Waals surface area (Å²) in [4.78, 5) is 0.208. The van der Waals surface area contributed by atoms with Crippen molar-refractivity contribution >= 4 is 9.84 Å². The maximum atomic E-state index is 12.7. The smallest absolute Gasteiger partial charge is 0.217 e. The number of nitrogens with one attached hydrogen (secondary N) is 1. The molecule has 5 nitrogen and oxygen atoms in total. The van der Waals surface area contributed by atoms with Gasteiger partial charge in [0.05, 0.1) is 4.90 Å². The maximum Gasteiger partial charge on any atom is 0.227 e. The molecule has 0 unspecified atom stereocenters. The lowest BCUT2D eigenvalue weighted by atomic mass is 10.2. The van der Waals surface area contributed by atoms with E-state index in [4.69, 9.17) is 0 Å². The first-order valence-corrected chi connectivity index (χ1v) is 7.85. The Labute approximate surface area is 122 Å². The van der Waals surface area contributed by atoms with Crippen molar-refractivity contribution in [2.24, 2.45) is 0 Å². The van der Waals surface area contributed by atoms with Crippen LogP contribution >= 0.6 is 0 Å². The van der Waals surface area contributed by atoms with Crippen LogP contribution in [0.1, 0.15) is 5.56 Å². The minimum atomic E-state index is -3.70. The lowest BCUT2D eigenvalue weighted by Crippen LogP contribution is -2.04. The van der Waals surface area contributed by atoms with Crippen molar-refractivity contribution in [3.63, 3.8) is 0 Å². The van der Waals surface area contributed by atoms with E-state index in [1.54, 1.807) is 36.4 Å². The Kier molecular flexibility index (Phi) is 3.31. The summed E-state index contributed by atoms with van der Waals surface area (Å²) in [6.07, 6.45) is 0. The fourth-order valence-corrected chi connectivity index (χ4v) is 3.32. The number of rotatable bonds is 3. The highest BCUT2D eigenvalue weighted by Gasteiger charge is 2.26. The summed E-state index contributed by atoms with van der Waals surface area (Å²) in [5.41, 5.74) is 2.03. The molecule has 2 aromatic carbocycles. The predicted molar refractivity (Wildman–Crippen MR) is 78.4 cm³/mol. The zero-order valence-corrected chi connectivity index (χ0v) is 12.1. The standard InChI is InChI=1S/C15H13N3O2S/c1-11-7-9-13(10-8-11)21(19,20)15-14(16-18-17-15)12-5-3-2-4-6-12/h2-10H,1H3,(H,16,17,18). The first-order chi connectivity index (χ1) is 10.1. The van der Waals surface area contributed by atoms with Crippen LogP contribution in [0.4, 0.5) is 0 Å². The molecule has 3 aromatic rings. The van der Waals surface area contributed by atoms with Crippen molar-refractivity contribution in [1.82, 2.24) is 15.4 Å². The number of H-pyrrole nitrogens is 1. The van der Waals surface area contributed by atoms with Crippen LogP contribution in [0.25, 0.3) is 11.3 Å². The Balaban J connectivity index is 2.13. The number of aryl methyl sites for hydroxylation is 1. The van der Waals surface area contributed by atoms with Crippen molar-refractivity contribution in [3.8, 4) is 11.3 Å². The molecule has 21 heavy (non-hydrogen) atoms. The van der Waals surface area contributed by atoms with Crippen LogP contribution in [-0.4, -0.2) is 23.8 Å². The van der Waals surface area contributed by atoms with E-state index in [1.807, 2.05) is 25.1 Å². The summed E-state index contributed by atoms with van der Waals surface area (Å²) in [5, 5.41) is 10.2. The number of benzene rings is 2. The second-order valence-electron chi connectivity index (χ2n) is 4.66. The van der Waals surface area contributed by atoms with Crippen LogP contribution in [0.5, 0.6) is 0 Å². The molecule has 1 N–H and O–H groups in total. The largest absolute Gasteiger partial charge is 0.227 e. The number of aromatic nitrogens is 3. The zero-order valence-electron chi connectivity index (χ0n) is 11.3. The topological polar surface area (TPSA) is 75.7 Å². The van der Waals surface area contributed by atoms with E-state index in [-0.39, 0.29) is 9.92 Å². The molecule has 0 spiro atoms. The fourth-order valence-electron chi connectivity index (χ4n) is 2.02. The van der Waals surface area contributed by atoms with Crippen LogP contribution in [0, 0.1) is 6.92 Å². The third-order valence-electron chi connectivity index (χ3n) is 3.15. The molecule has 1 aromatic heterocycles. The minimum absolute atomic E-state index is 0.0578. The first-order valence-electron chi connectivity index (χ1n) is 6.37. The third-order valence-corrected chi connectivity index (χ3v) is 4.84. The molecule has 6 heteroatoms. The van der Waals surface area contributed by atoms with Gasteiger partial charge in [0.1, 0.15) is 5.69 Å². The van der Waals surface area contributed by atoms with Gasteiger partial charge in [0.2, 0.25) is 14.9 Å². The van der Waals surface area contributed by atoms with Gasteiger partial charge in [-0.05, 0) is 19.1 Å². The lowest BCUT2D eigenvalue weighted by Gasteiger charge is -2.04. The number of aromatic amines is 1. The van der Waals surface area contributed by atoms with Crippen molar-refractivity contribution in [2.75, 3.05) is 0 Å². The minimum Gasteiger partial charge on any atom is -0.217 e. The molecular formula is C15H13N3O2S. The van der Waals surface area contributed by atoms with Crippen LogP contribution in [-0.2, 0) is 9.84 Å². The van der Waals surface area contributed by atoms with Crippen molar-refractivity contribution in [3.05, 3.63) is 60.2 Å². The van der Waals surface area contributed by atoms with Gasteiger partial charge in [0, 0.05) is 5.56 Å². The van der Waals surface area contributed by atoms with Crippen LogP contribution in [0.2, 0.25) is 0 Å². The van der Waals surface area contributed by atoms with Gasteiger partial charge in [-0.1, -0.05) is 48.0 Å². The van der Waals surface area contributed by atoms with Gasteiger partial charge in [-0.15, -0.1) is 5.10 Å². The zero-order chi connectivity index (χ0) is 14.9. The molecule has 0 saturated carbocycles. The summed E-state index contributed by atoms with van der Waals surface area (Å²) in [6, 6.07) is 15.8.